The van der Waals surface area contributed by atoms with Gasteiger partial charge in [0.15, 0.2) is 11.5 Å². The third-order valence-electron chi connectivity index (χ3n) is 4.18. The van der Waals surface area contributed by atoms with Gasteiger partial charge in [-0.05, 0) is 37.6 Å². The molecular formula is C19H28N2O3. The van der Waals surface area contributed by atoms with Crippen LogP contribution in [-0.4, -0.2) is 57.0 Å². The van der Waals surface area contributed by atoms with E-state index < -0.39 is 0 Å². The summed E-state index contributed by atoms with van der Waals surface area (Å²) < 4.78 is 16.6. The summed E-state index contributed by atoms with van der Waals surface area (Å²) in [5, 5.41) is 1.10. The highest BCUT2D eigenvalue weighted by Crippen LogP contribution is 2.32. The number of benzene rings is 1. The first-order valence-electron chi connectivity index (χ1n) is 8.47. The van der Waals surface area contributed by atoms with E-state index in [0.717, 1.165) is 55.1 Å². The van der Waals surface area contributed by atoms with E-state index >= 15 is 0 Å². The van der Waals surface area contributed by atoms with Crippen LogP contribution in [0.2, 0.25) is 0 Å². The van der Waals surface area contributed by atoms with E-state index in [4.69, 9.17) is 14.2 Å². The van der Waals surface area contributed by atoms with Crippen LogP contribution in [-0.2, 0) is 4.74 Å². The third-order valence-corrected chi connectivity index (χ3v) is 4.18. The number of hydrogen-bond acceptors (Lipinski definition) is 5. The lowest BCUT2D eigenvalue weighted by Crippen LogP contribution is -2.29. The van der Waals surface area contributed by atoms with Gasteiger partial charge < -0.3 is 19.1 Å². The molecule has 1 aromatic heterocycles. The molecule has 0 N–H and O–H groups in total. The molecule has 1 aromatic carbocycles. The van der Waals surface area contributed by atoms with Gasteiger partial charge in [-0.1, -0.05) is 6.92 Å². The Labute approximate surface area is 144 Å². The van der Waals surface area contributed by atoms with Crippen LogP contribution in [0, 0.1) is 6.92 Å². The first-order chi connectivity index (χ1) is 11.7. The molecule has 24 heavy (non-hydrogen) atoms. The van der Waals surface area contributed by atoms with Gasteiger partial charge in [0.1, 0.15) is 0 Å². The van der Waals surface area contributed by atoms with Gasteiger partial charge in [0.05, 0.1) is 25.8 Å². The fourth-order valence-electron chi connectivity index (χ4n) is 2.68. The number of nitrogens with zero attached hydrogens (tertiary/aromatic N) is 2. The number of rotatable bonds is 10. The molecule has 0 saturated heterocycles. The minimum Gasteiger partial charge on any atom is -0.493 e. The summed E-state index contributed by atoms with van der Waals surface area (Å²) in [5.41, 5.74) is 2.11. The Morgan fingerprint density at radius 2 is 1.92 bits per heavy atom. The molecule has 0 bridgehead atoms. The molecule has 132 valence electrons. The molecule has 0 aliphatic heterocycles. The van der Waals surface area contributed by atoms with E-state index in [2.05, 4.69) is 23.7 Å². The van der Waals surface area contributed by atoms with Crippen LogP contribution in [0.25, 0.3) is 10.9 Å². The van der Waals surface area contributed by atoms with Crippen LogP contribution in [0.15, 0.2) is 24.4 Å². The van der Waals surface area contributed by atoms with E-state index in [9.17, 15) is 0 Å². The van der Waals surface area contributed by atoms with E-state index in [1.807, 2.05) is 24.4 Å². The molecule has 0 radical (unpaired) electrons. The zero-order valence-electron chi connectivity index (χ0n) is 15.2. The van der Waals surface area contributed by atoms with Crippen molar-refractivity contribution in [1.82, 2.24) is 9.88 Å². The van der Waals surface area contributed by atoms with Gasteiger partial charge in [-0.25, -0.2) is 0 Å². The fourth-order valence-corrected chi connectivity index (χ4v) is 2.68. The molecule has 0 aliphatic rings. The lowest BCUT2D eigenvalue weighted by molar-refractivity contribution is 0.145. The topological polar surface area (TPSA) is 43.8 Å². The number of hydrogen-bond donors (Lipinski definition) is 0. The van der Waals surface area contributed by atoms with Crippen LogP contribution < -0.4 is 9.47 Å². The summed E-state index contributed by atoms with van der Waals surface area (Å²) >= 11 is 0. The minimum absolute atomic E-state index is 0.650. The molecule has 0 unspecified atom stereocenters. The van der Waals surface area contributed by atoms with Crippen molar-refractivity contribution in [2.45, 2.75) is 20.3 Å². The normalized spacial score (nSPS) is 11.2. The highest BCUT2D eigenvalue weighted by Gasteiger charge is 2.09. The second kappa shape index (κ2) is 9.45. The van der Waals surface area contributed by atoms with Crippen molar-refractivity contribution in [2.75, 3.05) is 47.1 Å². The first-order valence-corrected chi connectivity index (χ1v) is 8.47. The Morgan fingerprint density at radius 1 is 1.08 bits per heavy atom. The molecule has 2 rings (SSSR count). The van der Waals surface area contributed by atoms with E-state index in [0.29, 0.717) is 6.61 Å². The van der Waals surface area contributed by atoms with Crippen LogP contribution in [0.5, 0.6) is 11.5 Å². The van der Waals surface area contributed by atoms with Gasteiger partial charge in [0.25, 0.3) is 0 Å². The second-order valence-corrected chi connectivity index (χ2v) is 5.78. The number of likely N-dealkylation sites (N-methyl/N-ethyl adjacent to an activating group) is 1. The zero-order chi connectivity index (χ0) is 17.4. The van der Waals surface area contributed by atoms with Crippen molar-refractivity contribution in [3.05, 3.63) is 30.0 Å². The average Bonchev–Trinajstić information content (AvgIpc) is 2.61. The van der Waals surface area contributed by atoms with Gasteiger partial charge in [0.2, 0.25) is 0 Å². The summed E-state index contributed by atoms with van der Waals surface area (Å²) in [6.45, 7) is 8.62. The van der Waals surface area contributed by atoms with Gasteiger partial charge in [-0.15, -0.1) is 0 Å². The highest BCUT2D eigenvalue weighted by atomic mass is 16.5. The molecule has 0 spiro atoms. The molecule has 0 aliphatic carbocycles. The lowest BCUT2D eigenvalue weighted by atomic mass is 10.1. The fraction of sp³-hybridized carbons (Fsp3) is 0.526. The monoisotopic (exact) mass is 332 g/mol. The van der Waals surface area contributed by atoms with Crippen LogP contribution in [0.4, 0.5) is 0 Å². The van der Waals surface area contributed by atoms with Crippen molar-refractivity contribution in [1.29, 1.82) is 0 Å². The zero-order valence-corrected chi connectivity index (χ0v) is 15.2. The molecular weight excluding hydrogens is 304 g/mol. The number of fused-ring (bicyclic) bond motifs is 1. The number of aryl methyl sites for hydroxylation is 1. The van der Waals surface area contributed by atoms with E-state index in [1.165, 1.54) is 5.56 Å². The summed E-state index contributed by atoms with van der Waals surface area (Å²) in [7, 11) is 3.40. The quantitative estimate of drug-likeness (QED) is 0.625. The lowest BCUT2D eigenvalue weighted by Gasteiger charge is -2.20. The predicted molar refractivity (Wildman–Crippen MR) is 97.1 cm³/mol. The Kier molecular flexibility index (Phi) is 7.28. The van der Waals surface area contributed by atoms with Crippen molar-refractivity contribution in [3.8, 4) is 11.5 Å². The molecule has 1 heterocycles. The Balaban J connectivity index is 1.97. The van der Waals surface area contributed by atoms with Crippen LogP contribution >= 0.6 is 0 Å². The molecule has 5 heteroatoms. The third kappa shape index (κ3) is 4.82. The standard InChI is InChI=1S/C19H28N2O3/c1-5-21(10-12-22-3)9-6-11-24-19-14-17-16(13-18(19)23-4)15(2)7-8-20-17/h7-8,13-14H,5-6,9-12H2,1-4H3. The van der Waals surface area contributed by atoms with Crippen molar-refractivity contribution < 1.29 is 14.2 Å². The average molecular weight is 332 g/mol. The maximum absolute atomic E-state index is 5.95. The van der Waals surface area contributed by atoms with Crippen LogP contribution in [0.1, 0.15) is 18.9 Å². The van der Waals surface area contributed by atoms with E-state index in [1.54, 1.807) is 14.2 Å². The maximum atomic E-state index is 5.95. The van der Waals surface area contributed by atoms with Crippen LogP contribution in [0.3, 0.4) is 0 Å². The minimum atomic E-state index is 0.650. The second-order valence-electron chi connectivity index (χ2n) is 5.78. The van der Waals surface area contributed by atoms with Gasteiger partial charge in [0, 0.05) is 37.8 Å². The van der Waals surface area contributed by atoms with Gasteiger partial charge in [-0.2, -0.15) is 0 Å². The largest absolute Gasteiger partial charge is 0.493 e. The first kappa shape index (κ1) is 18.5. The molecule has 0 atom stereocenters. The summed E-state index contributed by atoms with van der Waals surface area (Å²) in [6.07, 6.45) is 2.78. The Hall–Kier alpha value is -1.85. The molecule has 2 aromatic rings. The maximum Gasteiger partial charge on any atom is 0.163 e. The molecule has 0 saturated carbocycles. The number of ether oxygens (including phenoxy) is 3. The molecule has 0 amide bonds. The van der Waals surface area contributed by atoms with Crippen molar-refractivity contribution >= 4 is 10.9 Å². The van der Waals surface area contributed by atoms with E-state index in [-0.39, 0.29) is 0 Å². The molecule has 0 fully saturated rings. The van der Waals surface area contributed by atoms with Gasteiger partial charge >= 0.3 is 0 Å². The summed E-state index contributed by atoms with van der Waals surface area (Å²) in [6, 6.07) is 5.97. The Morgan fingerprint density at radius 3 is 2.62 bits per heavy atom. The van der Waals surface area contributed by atoms with Crippen molar-refractivity contribution in [3.63, 3.8) is 0 Å². The number of pyridine rings is 1. The smallest absolute Gasteiger partial charge is 0.163 e. The number of methoxy groups -OCH3 is 2. The number of aromatic nitrogens is 1. The highest BCUT2D eigenvalue weighted by molar-refractivity contribution is 5.85. The van der Waals surface area contributed by atoms with Gasteiger partial charge in [-0.3, -0.25) is 4.98 Å². The predicted octanol–water partition coefficient (Wildman–Crippen LogP) is 3.29. The SMILES string of the molecule is CCN(CCCOc1cc2nccc(C)c2cc1OC)CCOC. The summed E-state index contributed by atoms with van der Waals surface area (Å²) in [5.74, 6) is 1.51. The summed E-state index contributed by atoms with van der Waals surface area (Å²) in [4.78, 5) is 6.78. The molecule has 5 nitrogen and oxygen atoms in total. The Bertz CT molecular complexity index is 646. The van der Waals surface area contributed by atoms with Crippen molar-refractivity contribution in [2.24, 2.45) is 0 Å².